The molecule has 0 bridgehead atoms. The number of rotatable bonds is 6. The molecule has 1 atom stereocenters. The van der Waals surface area contributed by atoms with Gasteiger partial charge in [-0.2, -0.15) is 0 Å². The Morgan fingerprint density at radius 3 is 2.16 bits per heavy atom. The maximum atomic E-state index is 14.3. The minimum atomic E-state index is -2.84. The smallest absolute Gasteiger partial charge is 0.324 e. The number of carbonyl (C=O) groups is 3. The number of benzene rings is 2. The van der Waals surface area contributed by atoms with Crippen molar-refractivity contribution in [3.63, 3.8) is 0 Å². The van der Waals surface area contributed by atoms with E-state index in [1.165, 1.54) is 41.0 Å². The topological polar surface area (TPSA) is 60.9 Å². The molecule has 2 aliphatic rings. The number of nitrogens with zero attached hydrogens (tertiary/aromatic N) is 3. The van der Waals surface area contributed by atoms with Crippen LogP contribution in [-0.4, -0.2) is 54.7 Å². The summed E-state index contributed by atoms with van der Waals surface area (Å²) in [6.45, 7) is 1.99. The first-order valence-corrected chi connectivity index (χ1v) is 13.1. The standard InChI is InChI=1S/C29H34F3N3O3/c1-21(36)28(15-17-34(18-16-28)27(38)33(2)23-12-10-22(30)11-13-23)20-26(37)35(24-7-4-3-5-8-24)25-9-6-14-29(31,32)19-25/h3-5,7-8,10-13,25H,6,9,14-20H2,1-2H3/t25-/m0/s1. The summed E-state index contributed by atoms with van der Waals surface area (Å²) in [6, 6.07) is 13.5. The second-order valence-electron chi connectivity index (χ2n) is 10.5. The normalized spacial score (nSPS) is 20.4. The summed E-state index contributed by atoms with van der Waals surface area (Å²) in [7, 11) is 1.60. The number of piperidine rings is 1. The van der Waals surface area contributed by atoms with E-state index >= 15 is 0 Å². The fourth-order valence-electron chi connectivity index (χ4n) is 5.65. The van der Waals surface area contributed by atoms with Crippen LogP contribution >= 0.6 is 0 Å². The number of ketones is 1. The molecule has 1 aliphatic carbocycles. The molecule has 0 aromatic heterocycles. The highest BCUT2D eigenvalue weighted by molar-refractivity contribution is 5.98. The highest BCUT2D eigenvalue weighted by atomic mass is 19.3. The van der Waals surface area contributed by atoms with Gasteiger partial charge in [0.2, 0.25) is 11.8 Å². The van der Waals surface area contributed by atoms with E-state index in [2.05, 4.69) is 0 Å². The molecular weight excluding hydrogens is 495 g/mol. The molecule has 1 saturated heterocycles. The quantitative estimate of drug-likeness (QED) is 0.458. The first-order chi connectivity index (χ1) is 18.0. The number of alkyl halides is 2. The van der Waals surface area contributed by atoms with Crippen LogP contribution in [-0.2, 0) is 9.59 Å². The van der Waals surface area contributed by atoms with Crippen LogP contribution < -0.4 is 9.80 Å². The molecule has 1 saturated carbocycles. The molecule has 0 radical (unpaired) electrons. The summed E-state index contributed by atoms with van der Waals surface area (Å²) in [5.41, 5.74) is 0.109. The molecule has 0 spiro atoms. The van der Waals surface area contributed by atoms with Crippen molar-refractivity contribution in [2.24, 2.45) is 5.41 Å². The molecule has 1 heterocycles. The second-order valence-corrected chi connectivity index (χ2v) is 10.5. The summed E-state index contributed by atoms with van der Waals surface area (Å²) in [4.78, 5) is 44.3. The molecular formula is C29H34F3N3O3. The lowest BCUT2D eigenvalue weighted by atomic mass is 9.72. The monoisotopic (exact) mass is 529 g/mol. The number of halogens is 3. The van der Waals surface area contributed by atoms with E-state index in [9.17, 15) is 27.6 Å². The number of carbonyl (C=O) groups excluding carboxylic acids is 3. The number of Topliss-reactive ketones (excluding diaryl/α,β-unsaturated/α-hetero) is 1. The zero-order chi connectivity index (χ0) is 27.5. The first kappa shape index (κ1) is 27.7. The Balaban J connectivity index is 1.49. The highest BCUT2D eigenvalue weighted by Gasteiger charge is 2.45. The van der Waals surface area contributed by atoms with Crippen LogP contribution in [0.25, 0.3) is 0 Å². The minimum absolute atomic E-state index is 0.102. The largest absolute Gasteiger partial charge is 0.324 e. The summed E-state index contributed by atoms with van der Waals surface area (Å²) >= 11 is 0. The lowest BCUT2D eigenvalue weighted by molar-refractivity contribution is -0.135. The summed E-state index contributed by atoms with van der Waals surface area (Å²) < 4.78 is 41.9. The zero-order valence-corrected chi connectivity index (χ0v) is 21.8. The average molecular weight is 530 g/mol. The molecule has 3 amide bonds. The van der Waals surface area contributed by atoms with Gasteiger partial charge in [-0.05, 0) is 69.0 Å². The number of urea groups is 1. The number of hydrogen-bond acceptors (Lipinski definition) is 3. The molecule has 0 N–H and O–H groups in total. The van der Waals surface area contributed by atoms with Crippen molar-refractivity contribution in [3.05, 3.63) is 60.4 Å². The van der Waals surface area contributed by atoms with Gasteiger partial charge < -0.3 is 9.80 Å². The molecule has 2 aromatic carbocycles. The van der Waals surface area contributed by atoms with Gasteiger partial charge in [-0.1, -0.05) is 18.2 Å². The van der Waals surface area contributed by atoms with Gasteiger partial charge in [0.05, 0.1) is 0 Å². The van der Waals surface area contributed by atoms with Crippen LogP contribution in [0.4, 0.5) is 29.3 Å². The van der Waals surface area contributed by atoms with E-state index in [0.717, 1.165) is 0 Å². The van der Waals surface area contributed by atoms with Gasteiger partial charge in [-0.15, -0.1) is 0 Å². The van der Waals surface area contributed by atoms with E-state index in [1.54, 1.807) is 42.3 Å². The number of hydrogen-bond donors (Lipinski definition) is 0. The fourth-order valence-corrected chi connectivity index (χ4v) is 5.65. The SMILES string of the molecule is CC(=O)C1(CC(=O)N(c2ccccc2)[C@H]2CCCC(F)(F)C2)CCN(C(=O)N(C)c2ccc(F)cc2)CC1. The van der Waals surface area contributed by atoms with E-state index in [1.807, 2.05) is 0 Å². The molecule has 2 fully saturated rings. The van der Waals surface area contributed by atoms with Crippen molar-refractivity contribution < 1.29 is 27.6 Å². The van der Waals surface area contributed by atoms with Gasteiger partial charge in [0.1, 0.15) is 11.6 Å². The Bertz CT molecular complexity index is 1150. The number of amides is 3. The third-order valence-corrected chi connectivity index (χ3v) is 8.01. The molecule has 4 rings (SSSR count). The average Bonchev–Trinajstić information content (AvgIpc) is 2.89. The van der Waals surface area contributed by atoms with Crippen molar-refractivity contribution in [1.29, 1.82) is 0 Å². The second kappa shape index (κ2) is 11.2. The van der Waals surface area contributed by atoms with E-state index < -0.39 is 29.6 Å². The minimum Gasteiger partial charge on any atom is -0.324 e. The molecule has 1 aliphatic heterocycles. The highest BCUT2D eigenvalue weighted by Crippen LogP contribution is 2.41. The van der Waals surface area contributed by atoms with Gasteiger partial charge in [0.15, 0.2) is 0 Å². The third kappa shape index (κ3) is 6.03. The Morgan fingerprint density at radius 1 is 0.947 bits per heavy atom. The van der Waals surface area contributed by atoms with Crippen LogP contribution in [0.15, 0.2) is 54.6 Å². The predicted molar refractivity (Wildman–Crippen MR) is 140 cm³/mol. The fraction of sp³-hybridized carbons (Fsp3) is 0.483. The molecule has 2 aromatic rings. The number of para-hydroxylation sites is 1. The maximum absolute atomic E-state index is 14.3. The Morgan fingerprint density at radius 2 is 1.58 bits per heavy atom. The third-order valence-electron chi connectivity index (χ3n) is 8.01. The van der Waals surface area contributed by atoms with Crippen molar-refractivity contribution in [2.45, 2.75) is 63.8 Å². The molecule has 6 nitrogen and oxygen atoms in total. The van der Waals surface area contributed by atoms with Gasteiger partial charge in [-0.3, -0.25) is 14.5 Å². The summed E-state index contributed by atoms with van der Waals surface area (Å²) in [6.07, 6.45) is 0.689. The van der Waals surface area contributed by atoms with Crippen LogP contribution in [0.3, 0.4) is 0 Å². The van der Waals surface area contributed by atoms with Crippen molar-refractivity contribution in [2.75, 3.05) is 29.9 Å². The van der Waals surface area contributed by atoms with E-state index in [-0.39, 0.29) is 43.7 Å². The molecule has 0 unspecified atom stereocenters. The van der Waals surface area contributed by atoms with Gasteiger partial charge in [0, 0.05) is 62.2 Å². The Hall–Kier alpha value is -3.36. The molecule has 38 heavy (non-hydrogen) atoms. The van der Waals surface area contributed by atoms with Crippen LogP contribution in [0, 0.1) is 11.2 Å². The van der Waals surface area contributed by atoms with E-state index in [4.69, 9.17) is 0 Å². The lowest BCUT2D eigenvalue weighted by Crippen LogP contribution is -2.52. The summed E-state index contributed by atoms with van der Waals surface area (Å²) in [5, 5.41) is 0. The van der Waals surface area contributed by atoms with Crippen molar-refractivity contribution in [1.82, 2.24) is 4.90 Å². The predicted octanol–water partition coefficient (Wildman–Crippen LogP) is 6.05. The molecule has 9 heteroatoms. The Kier molecular flexibility index (Phi) is 8.13. The van der Waals surface area contributed by atoms with Gasteiger partial charge in [-0.25, -0.2) is 18.0 Å². The zero-order valence-electron chi connectivity index (χ0n) is 21.8. The van der Waals surface area contributed by atoms with Crippen molar-refractivity contribution >= 4 is 29.1 Å². The van der Waals surface area contributed by atoms with E-state index in [0.29, 0.717) is 37.1 Å². The number of anilines is 2. The Labute approximate surface area is 221 Å². The van der Waals surface area contributed by atoms with Gasteiger partial charge >= 0.3 is 6.03 Å². The maximum Gasteiger partial charge on any atom is 0.324 e. The summed E-state index contributed by atoms with van der Waals surface area (Å²) in [5.74, 6) is -3.73. The number of likely N-dealkylation sites (tertiary alicyclic amines) is 1. The van der Waals surface area contributed by atoms with Gasteiger partial charge in [0.25, 0.3) is 0 Å². The van der Waals surface area contributed by atoms with Crippen LogP contribution in [0.5, 0.6) is 0 Å². The van der Waals surface area contributed by atoms with Crippen LogP contribution in [0.1, 0.15) is 51.9 Å². The van der Waals surface area contributed by atoms with Crippen LogP contribution in [0.2, 0.25) is 0 Å². The molecule has 204 valence electrons. The lowest BCUT2D eigenvalue weighted by Gasteiger charge is -2.43. The van der Waals surface area contributed by atoms with Crippen molar-refractivity contribution in [3.8, 4) is 0 Å². The first-order valence-electron chi connectivity index (χ1n) is 13.1.